The van der Waals surface area contributed by atoms with Gasteiger partial charge in [-0.3, -0.25) is 24.4 Å². The van der Waals surface area contributed by atoms with E-state index in [0.717, 1.165) is 4.68 Å². The van der Waals surface area contributed by atoms with Crippen molar-refractivity contribution < 1.29 is 14.5 Å². The van der Waals surface area contributed by atoms with Crippen molar-refractivity contribution in [2.75, 3.05) is 5.32 Å². The molecule has 31 heavy (non-hydrogen) atoms. The van der Waals surface area contributed by atoms with E-state index in [2.05, 4.69) is 20.9 Å². The lowest BCUT2D eigenvalue weighted by Crippen LogP contribution is -2.23. The van der Waals surface area contributed by atoms with E-state index in [9.17, 15) is 19.7 Å². The van der Waals surface area contributed by atoms with Crippen molar-refractivity contribution in [1.29, 1.82) is 0 Å². The minimum absolute atomic E-state index is 0.140. The molecule has 10 nitrogen and oxygen atoms in total. The molecule has 0 aliphatic carbocycles. The maximum absolute atomic E-state index is 12.4. The molecule has 12 heteroatoms. The molecule has 2 aromatic heterocycles. The first-order valence-corrected chi connectivity index (χ1v) is 10.1. The van der Waals surface area contributed by atoms with Crippen LogP contribution in [0.3, 0.4) is 0 Å². The monoisotopic (exact) mass is 460 g/mol. The molecule has 0 spiro atoms. The lowest BCUT2D eigenvalue weighted by Gasteiger charge is -2.06. The van der Waals surface area contributed by atoms with Crippen molar-refractivity contribution in [2.45, 2.75) is 13.8 Å². The number of halogens is 1. The number of benzene rings is 1. The molecule has 0 atom stereocenters. The van der Waals surface area contributed by atoms with Gasteiger partial charge in [-0.15, -0.1) is 11.3 Å². The smallest absolute Gasteiger partial charge is 0.321 e. The standard InChI is InChI=1S/C19H17ClN6O4S/c1-10(22-23-19(28)17-16(26(29)30)11(2)24-25(17)3)12-4-6-13(7-5-12)21-18(27)14-8-9-15(20)31-14/h4-9H,1-3H3,(H,21,27)(H,23,28)/b22-10-. The van der Waals surface area contributed by atoms with Gasteiger partial charge in [-0.05, 0) is 43.7 Å². The number of amides is 2. The molecular weight excluding hydrogens is 444 g/mol. The summed E-state index contributed by atoms with van der Waals surface area (Å²) in [5.41, 5.74) is 3.65. The number of aromatic nitrogens is 2. The molecule has 0 aliphatic heterocycles. The van der Waals surface area contributed by atoms with Gasteiger partial charge in [0, 0.05) is 12.7 Å². The average Bonchev–Trinajstić information content (AvgIpc) is 3.28. The van der Waals surface area contributed by atoms with Crippen LogP contribution >= 0.6 is 22.9 Å². The Labute approximate surface area is 185 Å². The van der Waals surface area contributed by atoms with Gasteiger partial charge in [0.05, 0.1) is 19.8 Å². The molecule has 0 saturated carbocycles. The molecular formula is C19H17ClN6O4S. The number of rotatable bonds is 6. The Morgan fingerprint density at radius 2 is 1.87 bits per heavy atom. The van der Waals surface area contributed by atoms with Crippen LogP contribution in [0, 0.1) is 17.0 Å². The van der Waals surface area contributed by atoms with Crippen LogP contribution in [0.1, 0.15) is 38.3 Å². The van der Waals surface area contributed by atoms with E-state index < -0.39 is 10.8 Å². The molecule has 0 bridgehead atoms. The topological polar surface area (TPSA) is 132 Å². The van der Waals surface area contributed by atoms with Crippen molar-refractivity contribution in [2.24, 2.45) is 12.1 Å². The van der Waals surface area contributed by atoms with Gasteiger partial charge < -0.3 is 5.32 Å². The van der Waals surface area contributed by atoms with E-state index in [-0.39, 0.29) is 23.0 Å². The van der Waals surface area contributed by atoms with Gasteiger partial charge in [-0.2, -0.15) is 10.2 Å². The Balaban J connectivity index is 1.69. The van der Waals surface area contributed by atoms with Crippen LogP contribution in [0.2, 0.25) is 4.34 Å². The van der Waals surface area contributed by atoms with E-state index in [0.29, 0.717) is 26.2 Å². The SMILES string of the molecule is C/C(=N/NC(=O)c1c([N+](=O)[O-])c(C)nn1C)c1ccc(NC(=O)c2ccc(Cl)s2)cc1. The Kier molecular flexibility index (Phi) is 6.47. The Morgan fingerprint density at radius 1 is 1.19 bits per heavy atom. The van der Waals surface area contributed by atoms with Gasteiger partial charge in [0.25, 0.3) is 11.8 Å². The summed E-state index contributed by atoms with van der Waals surface area (Å²) in [5.74, 6) is -1.01. The number of aryl methyl sites for hydroxylation is 2. The van der Waals surface area contributed by atoms with Crippen LogP contribution in [0.4, 0.5) is 11.4 Å². The third kappa shape index (κ3) is 4.95. The summed E-state index contributed by atoms with van der Waals surface area (Å²) < 4.78 is 1.67. The normalized spacial score (nSPS) is 11.3. The summed E-state index contributed by atoms with van der Waals surface area (Å²) >= 11 is 7.03. The zero-order chi connectivity index (χ0) is 22.7. The fourth-order valence-electron chi connectivity index (χ4n) is 2.80. The van der Waals surface area contributed by atoms with E-state index in [4.69, 9.17) is 11.6 Å². The minimum atomic E-state index is -0.743. The van der Waals surface area contributed by atoms with Crippen molar-refractivity contribution in [1.82, 2.24) is 15.2 Å². The Morgan fingerprint density at radius 3 is 2.45 bits per heavy atom. The maximum Gasteiger partial charge on any atom is 0.322 e. The highest BCUT2D eigenvalue weighted by molar-refractivity contribution is 7.18. The zero-order valence-electron chi connectivity index (χ0n) is 16.7. The minimum Gasteiger partial charge on any atom is -0.321 e. The fourth-order valence-corrected chi connectivity index (χ4v) is 3.73. The van der Waals surface area contributed by atoms with Crippen LogP contribution in [0.25, 0.3) is 0 Å². The van der Waals surface area contributed by atoms with Crippen LogP contribution < -0.4 is 10.7 Å². The van der Waals surface area contributed by atoms with Gasteiger partial charge in [-0.1, -0.05) is 23.7 Å². The third-order valence-corrected chi connectivity index (χ3v) is 5.50. The Hall–Kier alpha value is -3.57. The van der Waals surface area contributed by atoms with Crippen LogP contribution in [0.15, 0.2) is 41.5 Å². The molecule has 0 aliphatic rings. The fraction of sp³-hybridized carbons (Fsp3) is 0.158. The van der Waals surface area contributed by atoms with Crippen molar-refractivity contribution in [3.63, 3.8) is 0 Å². The van der Waals surface area contributed by atoms with Crippen LogP contribution in [-0.4, -0.2) is 32.2 Å². The number of hydrogen-bond acceptors (Lipinski definition) is 7. The lowest BCUT2D eigenvalue weighted by atomic mass is 10.1. The molecule has 2 heterocycles. The summed E-state index contributed by atoms with van der Waals surface area (Å²) in [6, 6.07) is 10.1. The van der Waals surface area contributed by atoms with Crippen molar-refractivity contribution >= 4 is 51.8 Å². The molecule has 0 saturated heterocycles. The third-order valence-electron chi connectivity index (χ3n) is 4.27. The number of nitrogens with one attached hydrogen (secondary N) is 2. The second-order valence-electron chi connectivity index (χ2n) is 6.44. The summed E-state index contributed by atoms with van der Waals surface area (Å²) in [5, 5.41) is 21.9. The van der Waals surface area contributed by atoms with Gasteiger partial charge in [0.1, 0.15) is 5.69 Å². The quantitative estimate of drug-likeness (QED) is 0.328. The molecule has 3 rings (SSSR count). The second-order valence-corrected chi connectivity index (χ2v) is 8.15. The molecule has 0 radical (unpaired) electrons. The average molecular weight is 461 g/mol. The number of nitrogens with zero attached hydrogens (tertiary/aromatic N) is 4. The number of thiophene rings is 1. The first kappa shape index (κ1) is 22.1. The van der Waals surface area contributed by atoms with Gasteiger partial charge >= 0.3 is 5.69 Å². The zero-order valence-corrected chi connectivity index (χ0v) is 18.2. The molecule has 3 aromatic rings. The number of carbonyl (C=O) groups is 2. The highest BCUT2D eigenvalue weighted by Gasteiger charge is 2.29. The number of anilines is 1. The summed E-state index contributed by atoms with van der Waals surface area (Å²) in [6.07, 6.45) is 0. The van der Waals surface area contributed by atoms with Crippen LogP contribution in [0.5, 0.6) is 0 Å². The molecule has 160 valence electrons. The predicted molar refractivity (Wildman–Crippen MR) is 118 cm³/mol. The second kappa shape index (κ2) is 9.06. The molecule has 1 aromatic carbocycles. The molecule has 2 N–H and O–H groups in total. The number of nitro groups is 1. The number of carbonyl (C=O) groups excluding carboxylic acids is 2. The van der Waals surface area contributed by atoms with E-state index in [1.165, 1.54) is 25.3 Å². The first-order valence-electron chi connectivity index (χ1n) is 8.87. The van der Waals surface area contributed by atoms with E-state index in [1.807, 2.05) is 0 Å². The van der Waals surface area contributed by atoms with Crippen LogP contribution in [-0.2, 0) is 7.05 Å². The first-order chi connectivity index (χ1) is 14.7. The van der Waals surface area contributed by atoms with E-state index >= 15 is 0 Å². The predicted octanol–water partition coefficient (Wildman–Crippen LogP) is 3.76. The maximum atomic E-state index is 12.4. The highest BCUT2D eigenvalue weighted by atomic mass is 35.5. The number of hydrazone groups is 1. The highest BCUT2D eigenvalue weighted by Crippen LogP contribution is 2.23. The van der Waals surface area contributed by atoms with Crippen molar-refractivity contribution in [3.8, 4) is 0 Å². The van der Waals surface area contributed by atoms with Gasteiger partial charge in [0.15, 0.2) is 0 Å². The summed E-state index contributed by atoms with van der Waals surface area (Å²) in [4.78, 5) is 35.7. The molecule has 2 amide bonds. The van der Waals surface area contributed by atoms with Gasteiger partial charge in [0.2, 0.25) is 5.69 Å². The Bertz CT molecular complexity index is 1200. The lowest BCUT2D eigenvalue weighted by molar-refractivity contribution is -0.385. The molecule has 0 fully saturated rings. The van der Waals surface area contributed by atoms with Crippen molar-refractivity contribution in [3.05, 3.63) is 72.7 Å². The van der Waals surface area contributed by atoms with E-state index in [1.54, 1.807) is 43.3 Å². The summed E-state index contributed by atoms with van der Waals surface area (Å²) in [7, 11) is 1.45. The summed E-state index contributed by atoms with van der Waals surface area (Å²) in [6.45, 7) is 3.13. The number of hydrogen-bond donors (Lipinski definition) is 2. The molecule has 0 unspecified atom stereocenters. The van der Waals surface area contributed by atoms with Gasteiger partial charge in [-0.25, -0.2) is 5.43 Å². The largest absolute Gasteiger partial charge is 0.322 e.